The zero-order valence-corrected chi connectivity index (χ0v) is 22.0. The molecule has 39 heavy (non-hydrogen) atoms. The number of fused-ring (bicyclic) bond motifs is 1. The highest BCUT2D eigenvalue weighted by Gasteiger charge is 2.41. The van der Waals surface area contributed by atoms with Crippen molar-refractivity contribution in [1.82, 2.24) is 29.1 Å². The number of alkyl halides is 3. The van der Waals surface area contributed by atoms with Gasteiger partial charge in [-0.2, -0.15) is 5.10 Å². The lowest BCUT2D eigenvalue weighted by Crippen LogP contribution is -2.52. The van der Waals surface area contributed by atoms with E-state index >= 15 is 4.39 Å². The second kappa shape index (κ2) is 11.6. The number of nitrogens with zero attached hydrogens (tertiary/aromatic N) is 6. The van der Waals surface area contributed by atoms with Gasteiger partial charge in [0, 0.05) is 20.1 Å². The van der Waals surface area contributed by atoms with Crippen molar-refractivity contribution in [1.29, 1.82) is 0 Å². The summed E-state index contributed by atoms with van der Waals surface area (Å²) in [5, 5.41) is 15.4. The van der Waals surface area contributed by atoms with Crippen LogP contribution in [0.3, 0.4) is 0 Å². The summed E-state index contributed by atoms with van der Waals surface area (Å²) < 4.78 is 45.2. The van der Waals surface area contributed by atoms with Gasteiger partial charge in [-0.3, -0.25) is 23.7 Å². The molecule has 1 aliphatic heterocycles. The fourth-order valence-corrected chi connectivity index (χ4v) is 4.69. The van der Waals surface area contributed by atoms with Crippen molar-refractivity contribution in [2.24, 2.45) is 7.05 Å². The Bertz CT molecular complexity index is 1440. The monoisotopic (exact) mass is 544 g/mol. The van der Waals surface area contributed by atoms with Crippen LogP contribution in [-0.4, -0.2) is 92.1 Å². The topological polar surface area (TPSA) is 96.5 Å². The van der Waals surface area contributed by atoms with Crippen LogP contribution < -0.4 is 5.56 Å². The molecule has 0 aliphatic carbocycles. The average molecular weight is 545 g/mol. The highest BCUT2D eigenvalue weighted by atomic mass is 19.3. The molecule has 1 N–H and O–H groups in total. The average Bonchev–Trinajstić information content (AvgIpc) is 3.22. The van der Waals surface area contributed by atoms with Crippen molar-refractivity contribution < 1.29 is 23.1 Å². The Labute approximate surface area is 223 Å². The number of amides is 1. The molecule has 0 bridgehead atoms. The summed E-state index contributed by atoms with van der Waals surface area (Å²) in [6.07, 6.45) is -4.10. The number of benzene rings is 1. The van der Waals surface area contributed by atoms with Crippen LogP contribution in [0.2, 0.25) is 0 Å². The van der Waals surface area contributed by atoms with Gasteiger partial charge in [-0.05, 0) is 38.4 Å². The third kappa shape index (κ3) is 6.15. The number of aliphatic hydroxyl groups is 1. The largest absolute Gasteiger partial charge is 0.388 e. The molecule has 208 valence electrons. The molecule has 1 saturated heterocycles. The van der Waals surface area contributed by atoms with Crippen LogP contribution in [0.15, 0.2) is 41.5 Å². The lowest BCUT2D eigenvalue weighted by atomic mass is 9.89. The van der Waals surface area contributed by atoms with Crippen LogP contribution >= 0.6 is 0 Å². The number of aromatic nitrogens is 4. The van der Waals surface area contributed by atoms with Crippen molar-refractivity contribution in [3.8, 4) is 11.8 Å². The van der Waals surface area contributed by atoms with E-state index in [4.69, 9.17) is 0 Å². The van der Waals surface area contributed by atoms with Crippen molar-refractivity contribution in [3.63, 3.8) is 0 Å². The Hall–Kier alpha value is -3.69. The molecule has 2 atom stereocenters. The SMILES string of the molecule is CN(C)CC#Cc1c2ncn(CC3(O)CCN(C(=O)C(F)C(c4ccccc4)C(F)F)CC3)c(=O)c2nn1C. The third-order valence-corrected chi connectivity index (χ3v) is 6.89. The number of hydrogen-bond acceptors (Lipinski definition) is 6. The number of carbonyl (C=O) groups is 1. The molecule has 0 spiro atoms. The summed E-state index contributed by atoms with van der Waals surface area (Å²) in [6, 6.07) is 7.39. The fraction of sp³-hybridized carbons (Fsp3) is 0.481. The van der Waals surface area contributed by atoms with Crippen molar-refractivity contribution in [2.45, 2.75) is 43.5 Å². The first-order valence-electron chi connectivity index (χ1n) is 12.5. The number of rotatable bonds is 7. The summed E-state index contributed by atoms with van der Waals surface area (Å²) >= 11 is 0. The lowest BCUT2D eigenvalue weighted by molar-refractivity contribution is -0.143. The Balaban J connectivity index is 1.45. The molecule has 2 aromatic heterocycles. The summed E-state index contributed by atoms with van der Waals surface area (Å²) in [5.41, 5.74) is -0.810. The standard InChI is InChI=1S/C27H31F3N6O3/c1-33(2)13-7-10-19-22-23(32-34(19)3)26(38)36(17-31-22)16-27(39)11-14-35(15-12-27)25(37)21(28)20(24(29)30)18-8-5-4-6-9-18/h4-6,8-9,17,20-21,24,39H,11-16H2,1-3H3. The molecule has 12 heteroatoms. The molecule has 0 radical (unpaired) electrons. The van der Waals surface area contributed by atoms with Crippen molar-refractivity contribution >= 4 is 16.9 Å². The van der Waals surface area contributed by atoms with Gasteiger partial charge in [0.05, 0.1) is 30.9 Å². The second-order valence-corrected chi connectivity index (χ2v) is 10.1. The number of halogens is 3. The van der Waals surface area contributed by atoms with Gasteiger partial charge in [0.1, 0.15) is 11.2 Å². The predicted octanol–water partition coefficient (Wildman–Crippen LogP) is 1.78. The number of aryl methyl sites for hydroxylation is 1. The van der Waals surface area contributed by atoms with Crippen LogP contribution in [-0.2, 0) is 18.4 Å². The van der Waals surface area contributed by atoms with E-state index in [0.29, 0.717) is 17.8 Å². The highest BCUT2D eigenvalue weighted by molar-refractivity contribution is 5.82. The molecule has 9 nitrogen and oxygen atoms in total. The van der Waals surface area contributed by atoms with Crippen LogP contribution in [0, 0.1) is 11.8 Å². The Kier molecular flexibility index (Phi) is 8.42. The molecular weight excluding hydrogens is 513 g/mol. The minimum atomic E-state index is -3.06. The second-order valence-electron chi connectivity index (χ2n) is 10.1. The van der Waals surface area contributed by atoms with Gasteiger partial charge < -0.3 is 10.0 Å². The van der Waals surface area contributed by atoms with E-state index < -0.39 is 35.6 Å². The maximum Gasteiger partial charge on any atom is 0.281 e. The van der Waals surface area contributed by atoms with E-state index in [1.54, 1.807) is 13.1 Å². The zero-order chi connectivity index (χ0) is 28.3. The first-order chi connectivity index (χ1) is 18.5. The van der Waals surface area contributed by atoms with Crippen LogP contribution in [0.25, 0.3) is 11.0 Å². The zero-order valence-electron chi connectivity index (χ0n) is 22.0. The van der Waals surface area contributed by atoms with E-state index in [2.05, 4.69) is 21.9 Å². The Morgan fingerprint density at radius 1 is 1.15 bits per heavy atom. The van der Waals surface area contributed by atoms with Gasteiger partial charge in [-0.15, -0.1) is 0 Å². The van der Waals surface area contributed by atoms with Gasteiger partial charge in [-0.25, -0.2) is 18.2 Å². The number of carbonyl (C=O) groups excluding carboxylic acids is 1. The van der Waals surface area contributed by atoms with Gasteiger partial charge in [-0.1, -0.05) is 36.3 Å². The van der Waals surface area contributed by atoms with E-state index in [1.165, 1.54) is 39.8 Å². The van der Waals surface area contributed by atoms with Gasteiger partial charge in [0.2, 0.25) is 6.43 Å². The van der Waals surface area contributed by atoms with Crippen LogP contribution in [0.1, 0.15) is 30.0 Å². The molecule has 1 aromatic carbocycles. The normalized spacial score (nSPS) is 16.8. The molecule has 1 amide bonds. The Morgan fingerprint density at radius 2 is 1.82 bits per heavy atom. The first kappa shape index (κ1) is 28.3. The molecule has 2 unspecified atom stereocenters. The Morgan fingerprint density at radius 3 is 2.44 bits per heavy atom. The van der Waals surface area contributed by atoms with E-state index in [-0.39, 0.29) is 43.6 Å². The highest BCUT2D eigenvalue weighted by Crippen LogP contribution is 2.32. The number of hydrogen-bond donors (Lipinski definition) is 1. The minimum Gasteiger partial charge on any atom is -0.388 e. The molecule has 3 heterocycles. The summed E-state index contributed by atoms with van der Waals surface area (Å²) in [6.45, 7) is 0.326. The van der Waals surface area contributed by atoms with Crippen LogP contribution in [0.4, 0.5) is 13.2 Å². The third-order valence-electron chi connectivity index (χ3n) is 6.89. The number of likely N-dealkylation sites (tertiary alicyclic amines) is 1. The quantitative estimate of drug-likeness (QED) is 0.456. The molecule has 3 aromatic rings. The molecule has 1 fully saturated rings. The molecule has 0 saturated carbocycles. The van der Waals surface area contributed by atoms with Gasteiger partial charge >= 0.3 is 0 Å². The van der Waals surface area contributed by atoms with Gasteiger partial charge in [0.25, 0.3) is 11.5 Å². The summed E-state index contributed by atoms with van der Waals surface area (Å²) in [7, 11) is 5.44. The van der Waals surface area contributed by atoms with Crippen molar-refractivity contribution in [3.05, 3.63) is 58.3 Å². The minimum absolute atomic E-state index is 0.0318. The smallest absolute Gasteiger partial charge is 0.281 e. The summed E-state index contributed by atoms with van der Waals surface area (Å²) in [4.78, 5) is 33.3. The fourth-order valence-electron chi connectivity index (χ4n) is 4.69. The molecular formula is C27H31F3N6O3. The number of piperidine rings is 1. The lowest BCUT2D eigenvalue weighted by Gasteiger charge is -2.39. The molecule has 1 aliphatic rings. The van der Waals surface area contributed by atoms with E-state index in [0.717, 1.165) is 4.90 Å². The first-order valence-corrected chi connectivity index (χ1v) is 12.5. The predicted molar refractivity (Wildman–Crippen MR) is 139 cm³/mol. The summed E-state index contributed by atoms with van der Waals surface area (Å²) in [5.74, 6) is 3.06. The maximum atomic E-state index is 15.1. The van der Waals surface area contributed by atoms with Gasteiger partial charge in [0.15, 0.2) is 11.7 Å². The maximum absolute atomic E-state index is 15.1. The van der Waals surface area contributed by atoms with Crippen molar-refractivity contribution in [2.75, 3.05) is 33.7 Å². The van der Waals surface area contributed by atoms with Crippen LogP contribution in [0.5, 0.6) is 0 Å². The van der Waals surface area contributed by atoms with E-state index in [1.807, 2.05) is 19.0 Å². The van der Waals surface area contributed by atoms with E-state index in [9.17, 15) is 23.5 Å². The molecule has 4 rings (SSSR count).